The van der Waals surface area contributed by atoms with Gasteiger partial charge < -0.3 is 14.4 Å². The Morgan fingerprint density at radius 3 is 2.83 bits per heavy atom. The van der Waals surface area contributed by atoms with Crippen LogP contribution in [0.15, 0.2) is 36.7 Å². The van der Waals surface area contributed by atoms with E-state index in [1.807, 2.05) is 27.9 Å². The summed E-state index contributed by atoms with van der Waals surface area (Å²) in [5.74, 6) is 1.06. The van der Waals surface area contributed by atoms with E-state index < -0.39 is 0 Å². The molecule has 0 unspecified atom stereocenters. The molecule has 0 spiro atoms. The predicted molar refractivity (Wildman–Crippen MR) is 90.4 cm³/mol. The minimum atomic E-state index is -0.0115. The molecule has 1 aromatic carbocycles. The molecule has 6 heteroatoms. The molecule has 1 amide bonds. The highest BCUT2D eigenvalue weighted by molar-refractivity contribution is 5.98. The molecule has 128 valence electrons. The predicted octanol–water partition coefficient (Wildman–Crippen LogP) is 2.60. The number of hydrogen-bond acceptors (Lipinski definition) is 4. The van der Waals surface area contributed by atoms with Crippen molar-refractivity contribution in [2.75, 3.05) is 20.8 Å². The summed E-state index contributed by atoms with van der Waals surface area (Å²) in [6.07, 6.45) is 6.83. The van der Waals surface area contributed by atoms with E-state index in [0.717, 1.165) is 25.8 Å². The van der Waals surface area contributed by atoms with E-state index in [1.54, 1.807) is 32.5 Å². The van der Waals surface area contributed by atoms with Gasteiger partial charge in [-0.15, -0.1) is 0 Å². The smallest absolute Gasteiger partial charge is 0.258 e. The molecule has 3 rings (SSSR count). The van der Waals surface area contributed by atoms with Crippen molar-refractivity contribution in [3.05, 3.63) is 42.2 Å². The minimum Gasteiger partial charge on any atom is -0.493 e. The van der Waals surface area contributed by atoms with Gasteiger partial charge in [0.05, 0.1) is 32.4 Å². The second kappa shape index (κ2) is 7.38. The van der Waals surface area contributed by atoms with Gasteiger partial charge >= 0.3 is 0 Å². The number of hydrogen-bond donors (Lipinski definition) is 0. The second-order valence-corrected chi connectivity index (χ2v) is 5.92. The Labute approximate surface area is 142 Å². The quantitative estimate of drug-likeness (QED) is 0.846. The molecule has 1 aliphatic rings. The molecule has 2 heterocycles. The molecule has 6 nitrogen and oxygen atoms in total. The zero-order valence-electron chi connectivity index (χ0n) is 14.1. The van der Waals surface area contributed by atoms with Crippen LogP contribution in [0.5, 0.6) is 11.5 Å². The molecule has 0 aliphatic carbocycles. The molecular formula is C18H23N3O3. The van der Waals surface area contributed by atoms with Crippen LogP contribution in [0.3, 0.4) is 0 Å². The molecule has 1 atom stereocenters. The van der Waals surface area contributed by atoms with E-state index in [-0.39, 0.29) is 11.9 Å². The summed E-state index contributed by atoms with van der Waals surface area (Å²) in [7, 11) is 3.14. The van der Waals surface area contributed by atoms with Crippen LogP contribution in [0.25, 0.3) is 0 Å². The zero-order chi connectivity index (χ0) is 16.9. The molecule has 1 fully saturated rings. The van der Waals surface area contributed by atoms with Crippen LogP contribution in [-0.4, -0.2) is 47.4 Å². The van der Waals surface area contributed by atoms with Crippen molar-refractivity contribution in [3.63, 3.8) is 0 Å². The van der Waals surface area contributed by atoms with E-state index in [4.69, 9.17) is 9.47 Å². The second-order valence-electron chi connectivity index (χ2n) is 5.92. The SMILES string of the molecule is COc1cccc(C(=O)N2CCCC[C@H]2Cn2cccn2)c1OC. The molecule has 2 aromatic rings. The van der Waals surface area contributed by atoms with Gasteiger partial charge in [-0.25, -0.2) is 0 Å². The van der Waals surface area contributed by atoms with Gasteiger partial charge in [0.15, 0.2) is 11.5 Å². The molecular weight excluding hydrogens is 306 g/mol. The molecule has 0 bridgehead atoms. The largest absolute Gasteiger partial charge is 0.493 e. The van der Waals surface area contributed by atoms with Gasteiger partial charge in [-0.05, 0) is 37.5 Å². The Kier molecular flexibility index (Phi) is 5.03. The number of amides is 1. The average molecular weight is 329 g/mol. The standard InChI is InChI=1S/C18H23N3O3/c1-23-16-9-5-8-15(17(16)24-2)18(22)21-12-4-3-7-14(21)13-20-11-6-10-19-20/h5-6,8-11,14H,3-4,7,12-13H2,1-2H3/t14-/m0/s1. The third-order valence-electron chi connectivity index (χ3n) is 4.48. The van der Waals surface area contributed by atoms with Gasteiger partial charge in [0.1, 0.15) is 0 Å². The first-order valence-electron chi connectivity index (χ1n) is 8.24. The number of para-hydroxylation sites is 1. The van der Waals surface area contributed by atoms with Crippen molar-refractivity contribution < 1.29 is 14.3 Å². The molecule has 0 N–H and O–H groups in total. The monoisotopic (exact) mass is 329 g/mol. The fraction of sp³-hybridized carbons (Fsp3) is 0.444. The topological polar surface area (TPSA) is 56.6 Å². The highest BCUT2D eigenvalue weighted by atomic mass is 16.5. The van der Waals surface area contributed by atoms with Crippen LogP contribution in [0.4, 0.5) is 0 Å². The number of methoxy groups -OCH3 is 2. The number of carbonyl (C=O) groups is 1. The third-order valence-corrected chi connectivity index (χ3v) is 4.48. The third kappa shape index (κ3) is 3.22. The number of rotatable bonds is 5. The van der Waals surface area contributed by atoms with Crippen LogP contribution in [0.2, 0.25) is 0 Å². The van der Waals surface area contributed by atoms with Gasteiger partial charge in [0.2, 0.25) is 0 Å². The van der Waals surface area contributed by atoms with Gasteiger partial charge in [-0.1, -0.05) is 6.07 Å². The van der Waals surface area contributed by atoms with E-state index in [9.17, 15) is 4.79 Å². The summed E-state index contributed by atoms with van der Waals surface area (Å²) in [4.78, 5) is 15.1. The highest BCUT2D eigenvalue weighted by Crippen LogP contribution is 2.33. The number of nitrogens with zero attached hydrogens (tertiary/aromatic N) is 3. The summed E-state index contributed by atoms with van der Waals surface area (Å²) >= 11 is 0. The molecule has 1 saturated heterocycles. The van der Waals surface area contributed by atoms with Crippen molar-refractivity contribution >= 4 is 5.91 Å². The number of piperidine rings is 1. The normalized spacial score (nSPS) is 17.6. The summed E-state index contributed by atoms with van der Waals surface area (Å²) in [5, 5.41) is 4.27. The number of likely N-dealkylation sites (tertiary alicyclic amines) is 1. The fourth-order valence-electron chi connectivity index (χ4n) is 3.29. The fourth-order valence-corrected chi connectivity index (χ4v) is 3.29. The van der Waals surface area contributed by atoms with Crippen LogP contribution in [-0.2, 0) is 6.54 Å². The number of carbonyl (C=O) groups excluding carboxylic acids is 1. The summed E-state index contributed by atoms with van der Waals surface area (Å²) < 4.78 is 12.6. The van der Waals surface area contributed by atoms with Gasteiger partial charge in [0.25, 0.3) is 5.91 Å². The van der Waals surface area contributed by atoms with Crippen molar-refractivity contribution in [1.82, 2.24) is 14.7 Å². The zero-order valence-corrected chi connectivity index (χ0v) is 14.1. The lowest BCUT2D eigenvalue weighted by Crippen LogP contribution is -2.46. The first-order valence-corrected chi connectivity index (χ1v) is 8.24. The van der Waals surface area contributed by atoms with Crippen LogP contribution in [0.1, 0.15) is 29.6 Å². The van der Waals surface area contributed by atoms with Crippen molar-refractivity contribution in [1.29, 1.82) is 0 Å². The van der Waals surface area contributed by atoms with Crippen LogP contribution >= 0.6 is 0 Å². The Morgan fingerprint density at radius 1 is 1.25 bits per heavy atom. The molecule has 0 saturated carbocycles. The van der Waals surface area contributed by atoms with E-state index in [2.05, 4.69) is 5.10 Å². The van der Waals surface area contributed by atoms with Crippen LogP contribution in [0, 0.1) is 0 Å². The van der Waals surface area contributed by atoms with Gasteiger partial charge in [-0.2, -0.15) is 5.10 Å². The number of benzene rings is 1. The lowest BCUT2D eigenvalue weighted by Gasteiger charge is -2.36. The van der Waals surface area contributed by atoms with E-state index >= 15 is 0 Å². The maximum absolute atomic E-state index is 13.1. The summed E-state index contributed by atoms with van der Waals surface area (Å²) in [6, 6.07) is 7.46. The maximum atomic E-state index is 13.1. The van der Waals surface area contributed by atoms with Gasteiger partial charge in [-0.3, -0.25) is 9.48 Å². The van der Waals surface area contributed by atoms with Crippen LogP contribution < -0.4 is 9.47 Å². The van der Waals surface area contributed by atoms with Crippen molar-refractivity contribution in [3.8, 4) is 11.5 Å². The first kappa shape index (κ1) is 16.4. The highest BCUT2D eigenvalue weighted by Gasteiger charge is 2.30. The van der Waals surface area contributed by atoms with Crippen molar-refractivity contribution in [2.45, 2.75) is 31.8 Å². The summed E-state index contributed by atoms with van der Waals surface area (Å²) in [5.41, 5.74) is 0.546. The minimum absolute atomic E-state index is 0.0115. The first-order chi connectivity index (χ1) is 11.7. The molecule has 0 radical (unpaired) electrons. The number of ether oxygens (including phenoxy) is 2. The Bertz CT molecular complexity index is 685. The lowest BCUT2D eigenvalue weighted by atomic mass is 10.0. The van der Waals surface area contributed by atoms with E-state index in [0.29, 0.717) is 23.6 Å². The lowest BCUT2D eigenvalue weighted by molar-refractivity contribution is 0.0580. The Balaban J connectivity index is 1.86. The Hall–Kier alpha value is -2.50. The number of aromatic nitrogens is 2. The molecule has 1 aromatic heterocycles. The van der Waals surface area contributed by atoms with Gasteiger partial charge in [0, 0.05) is 18.9 Å². The molecule has 1 aliphatic heterocycles. The molecule has 24 heavy (non-hydrogen) atoms. The van der Waals surface area contributed by atoms with E-state index in [1.165, 1.54) is 0 Å². The van der Waals surface area contributed by atoms with Crippen molar-refractivity contribution in [2.24, 2.45) is 0 Å². The summed E-state index contributed by atoms with van der Waals surface area (Å²) in [6.45, 7) is 1.47. The average Bonchev–Trinajstić information content (AvgIpc) is 3.13. The maximum Gasteiger partial charge on any atom is 0.258 e. The Morgan fingerprint density at radius 2 is 2.12 bits per heavy atom.